The van der Waals surface area contributed by atoms with Crippen molar-refractivity contribution in [2.45, 2.75) is 51.4 Å². The van der Waals surface area contributed by atoms with Crippen LogP contribution in [0.25, 0.3) is 0 Å². The van der Waals surface area contributed by atoms with Crippen LogP contribution < -0.4 is 0 Å². The van der Waals surface area contributed by atoms with Crippen LogP contribution in [0, 0.1) is 11.8 Å². The Morgan fingerprint density at radius 2 is 1.63 bits per heavy atom. The Bertz CT molecular complexity index is 955. The van der Waals surface area contributed by atoms with E-state index in [4.69, 9.17) is 0 Å². The Labute approximate surface area is 161 Å². The fraction of sp³-hybridized carbons (Fsp3) is 0.375. The third kappa shape index (κ3) is 3.71. The number of hydrogen-bond donors (Lipinski definition) is 1. The summed E-state index contributed by atoms with van der Waals surface area (Å²) in [6, 6.07) is 11.1. The molecule has 3 nitrogen and oxygen atoms in total. The number of carbonyl (C=O) groups is 1. The molecule has 3 heteroatoms. The number of benzene rings is 2. The Morgan fingerprint density at radius 1 is 0.963 bits per heavy atom. The number of methoxy groups -OCH3 is 1. The van der Waals surface area contributed by atoms with Crippen LogP contribution in [0.4, 0.5) is 0 Å². The van der Waals surface area contributed by atoms with Crippen LogP contribution in [0.2, 0.25) is 0 Å². The maximum absolute atomic E-state index is 11.5. The Kier molecular flexibility index (Phi) is 4.78. The number of esters is 1. The van der Waals surface area contributed by atoms with Gasteiger partial charge in [-0.05, 0) is 65.1 Å². The minimum Gasteiger partial charge on any atom is -0.507 e. The van der Waals surface area contributed by atoms with Gasteiger partial charge in [-0.3, -0.25) is 0 Å². The average Bonchev–Trinajstić information content (AvgIpc) is 2.64. The van der Waals surface area contributed by atoms with Gasteiger partial charge in [0, 0.05) is 5.56 Å². The molecule has 1 aliphatic carbocycles. The molecule has 0 aromatic heterocycles. The fourth-order valence-electron chi connectivity index (χ4n) is 3.69. The third-order valence-corrected chi connectivity index (χ3v) is 5.61. The zero-order valence-electron chi connectivity index (χ0n) is 16.6. The van der Waals surface area contributed by atoms with E-state index in [1.165, 1.54) is 30.7 Å². The van der Waals surface area contributed by atoms with Crippen molar-refractivity contribution in [3.05, 3.63) is 64.2 Å². The topological polar surface area (TPSA) is 46.5 Å². The van der Waals surface area contributed by atoms with E-state index in [-0.39, 0.29) is 16.6 Å². The first-order valence-electron chi connectivity index (χ1n) is 9.22. The lowest BCUT2D eigenvalue weighted by Crippen LogP contribution is -2.33. The zero-order chi connectivity index (χ0) is 19.8. The molecule has 1 N–H and O–H groups in total. The van der Waals surface area contributed by atoms with Gasteiger partial charge in [0.25, 0.3) is 0 Å². The highest BCUT2D eigenvalue weighted by molar-refractivity contribution is 5.90. The van der Waals surface area contributed by atoms with Gasteiger partial charge in [0.1, 0.15) is 5.75 Å². The molecular weight excluding hydrogens is 336 g/mol. The molecule has 0 saturated carbocycles. The summed E-state index contributed by atoms with van der Waals surface area (Å²) in [4.78, 5) is 11.5. The lowest BCUT2D eigenvalue weighted by molar-refractivity contribution is 0.0600. The maximum atomic E-state index is 11.5. The smallest absolute Gasteiger partial charge is 0.337 e. The van der Waals surface area contributed by atoms with Gasteiger partial charge in [0.15, 0.2) is 0 Å². The van der Waals surface area contributed by atoms with Crippen LogP contribution in [0.5, 0.6) is 5.75 Å². The van der Waals surface area contributed by atoms with Gasteiger partial charge in [-0.2, -0.15) is 0 Å². The van der Waals surface area contributed by atoms with Crippen LogP contribution in [0.3, 0.4) is 0 Å². The number of phenols is 1. The Morgan fingerprint density at radius 3 is 2.26 bits per heavy atom. The molecule has 0 spiro atoms. The van der Waals surface area contributed by atoms with Gasteiger partial charge >= 0.3 is 5.97 Å². The molecule has 0 saturated heterocycles. The van der Waals surface area contributed by atoms with Crippen molar-refractivity contribution >= 4 is 5.97 Å². The van der Waals surface area contributed by atoms with Crippen molar-refractivity contribution in [1.82, 2.24) is 0 Å². The molecule has 0 aliphatic heterocycles. The summed E-state index contributed by atoms with van der Waals surface area (Å²) < 4.78 is 4.66. The number of aromatic hydroxyl groups is 1. The molecular formula is C24H26O3. The van der Waals surface area contributed by atoms with E-state index >= 15 is 0 Å². The van der Waals surface area contributed by atoms with Crippen molar-refractivity contribution < 1.29 is 14.6 Å². The summed E-state index contributed by atoms with van der Waals surface area (Å²) in [5, 5.41) is 10.1. The normalized spacial score (nSPS) is 16.6. The summed E-state index contributed by atoms with van der Waals surface area (Å²) >= 11 is 0. The number of phenolic OH excluding ortho intramolecular Hbond substituents is 1. The first-order valence-corrected chi connectivity index (χ1v) is 9.22. The number of carbonyl (C=O) groups excluding carboxylic acids is 1. The summed E-state index contributed by atoms with van der Waals surface area (Å²) in [5.74, 6) is 5.66. The van der Waals surface area contributed by atoms with Crippen molar-refractivity contribution in [3.63, 3.8) is 0 Å². The molecule has 3 rings (SSSR count). The third-order valence-electron chi connectivity index (χ3n) is 5.61. The number of hydrogen-bond acceptors (Lipinski definition) is 3. The zero-order valence-corrected chi connectivity index (χ0v) is 16.6. The van der Waals surface area contributed by atoms with E-state index in [1.807, 2.05) is 0 Å². The van der Waals surface area contributed by atoms with E-state index in [9.17, 15) is 9.90 Å². The highest BCUT2D eigenvalue weighted by atomic mass is 16.5. The lowest BCUT2D eigenvalue weighted by Gasteiger charge is -2.41. The van der Waals surface area contributed by atoms with E-state index in [0.717, 1.165) is 12.0 Å². The maximum Gasteiger partial charge on any atom is 0.337 e. The van der Waals surface area contributed by atoms with Crippen molar-refractivity contribution in [1.29, 1.82) is 0 Å². The quantitative estimate of drug-likeness (QED) is 0.578. The molecule has 0 fully saturated rings. The van der Waals surface area contributed by atoms with Gasteiger partial charge in [-0.1, -0.05) is 45.6 Å². The SMILES string of the molecule is COC(=O)c1ccc(C#Cc2ccc3c(c2)C(C)(C)CCC3(C)C)c(O)c1. The predicted molar refractivity (Wildman–Crippen MR) is 107 cm³/mol. The second-order valence-corrected chi connectivity index (χ2v) is 8.50. The second kappa shape index (κ2) is 6.78. The fourth-order valence-corrected chi connectivity index (χ4v) is 3.69. The first kappa shape index (κ1) is 19.0. The minimum absolute atomic E-state index is 0.0233. The molecule has 2 aromatic carbocycles. The van der Waals surface area contributed by atoms with Crippen molar-refractivity contribution in [3.8, 4) is 17.6 Å². The first-order chi connectivity index (χ1) is 12.6. The number of ether oxygens (including phenoxy) is 1. The minimum atomic E-state index is -0.482. The Hall–Kier alpha value is -2.73. The van der Waals surface area contributed by atoms with Crippen LogP contribution >= 0.6 is 0 Å². The van der Waals surface area contributed by atoms with Crippen molar-refractivity contribution in [2.24, 2.45) is 0 Å². The number of rotatable bonds is 1. The predicted octanol–water partition coefficient (Wildman–Crippen LogP) is 4.93. The molecule has 0 amide bonds. The van der Waals surface area contributed by atoms with E-state index < -0.39 is 5.97 Å². The van der Waals surface area contributed by atoms with E-state index in [1.54, 1.807) is 12.1 Å². The van der Waals surface area contributed by atoms with Gasteiger partial charge in [0.05, 0.1) is 18.2 Å². The van der Waals surface area contributed by atoms with E-state index in [0.29, 0.717) is 11.1 Å². The highest BCUT2D eigenvalue weighted by Gasteiger charge is 2.36. The van der Waals surface area contributed by atoms with Gasteiger partial charge in [-0.15, -0.1) is 0 Å². The average molecular weight is 362 g/mol. The summed E-state index contributed by atoms with van der Waals surface area (Å²) in [5.41, 5.74) is 4.78. The molecule has 0 heterocycles. The standard InChI is InChI=1S/C24H26O3/c1-23(2)12-13-24(3,4)20-14-16(7-11-19(20)23)6-8-17-9-10-18(15-21(17)25)22(26)27-5/h7,9-11,14-15,25H,12-13H2,1-5H3. The highest BCUT2D eigenvalue weighted by Crippen LogP contribution is 2.45. The molecule has 0 atom stereocenters. The Balaban J connectivity index is 1.96. The largest absolute Gasteiger partial charge is 0.507 e. The molecule has 0 radical (unpaired) electrons. The molecule has 0 unspecified atom stereocenters. The van der Waals surface area contributed by atoms with Gasteiger partial charge in [0.2, 0.25) is 0 Å². The molecule has 2 aromatic rings. The summed E-state index contributed by atoms with van der Waals surface area (Å²) in [7, 11) is 1.31. The molecule has 140 valence electrons. The summed E-state index contributed by atoms with van der Waals surface area (Å²) in [6.07, 6.45) is 2.33. The van der Waals surface area contributed by atoms with Crippen LogP contribution in [0.15, 0.2) is 36.4 Å². The molecule has 27 heavy (non-hydrogen) atoms. The van der Waals surface area contributed by atoms with Crippen LogP contribution in [-0.2, 0) is 15.6 Å². The lowest BCUT2D eigenvalue weighted by atomic mass is 9.63. The van der Waals surface area contributed by atoms with E-state index in [2.05, 4.69) is 62.5 Å². The number of fused-ring (bicyclic) bond motifs is 1. The van der Waals surface area contributed by atoms with Crippen LogP contribution in [-0.4, -0.2) is 18.2 Å². The monoisotopic (exact) mass is 362 g/mol. The summed E-state index contributed by atoms with van der Waals surface area (Å²) in [6.45, 7) is 9.17. The molecule has 0 bridgehead atoms. The molecule has 1 aliphatic rings. The van der Waals surface area contributed by atoms with Crippen LogP contribution in [0.1, 0.15) is 73.1 Å². The van der Waals surface area contributed by atoms with Crippen molar-refractivity contribution in [2.75, 3.05) is 7.11 Å². The van der Waals surface area contributed by atoms with Gasteiger partial charge in [-0.25, -0.2) is 4.79 Å². The second-order valence-electron chi connectivity index (χ2n) is 8.50. The van der Waals surface area contributed by atoms with Gasteiger partial charge < -0.3 is 9.84 Å².